The fourth-order valence-electron chi connectivity index (χ4n) is 4.35. The molecule has 0 spiro atoms. The molecule has 2 aromatic carbocycles. The van der Waals surface area contributed by atoms with Crippen molar-refractivity contribution in [2.45, 2.75) is 59.1 Å². The van der Waals surface area contributed by atoms with E-state index in [-0.39, 0.29) is 25.4 Å². The molecule has 0 aromatic heterocycles. The number of ether oxygens (including phenoxy) is 2. The van der Waals surface area contributed by atoms with Gasteiger partial charge in [-0.25, -0.2) is 9.59 Å². The Kier molecular flexibility index (Phi) is 11.1. The average Bonchev–Trinajstić information content (AvgIpc) is 3.08. The highest BCUT2D eigenvalue weighted by Gasteiger charge is 2.34. The summed E-state index contributed by atoms with van der Waals surface area (Å²) in [6.45, 7) is 9.60. The monoisotopic (exact) mass is 586 g/mol. The minimum Gasteiger partial charge on any atom is -0.496 e. The van der Waals surface area contributed by atoms with Gasteiger partial charge in [0.1, 0.15) is 17.2 Å². The Bertz CT molecular complexity index is 1260. The minimum atomic E-state index is -0.637. The zero-order chi connectivity index (χ0) is 30.2. The number of hydrogen-bond acceptors (Lipinski definition) is 8. The molecule has 0 bridgehead atoms. The highest BCUT2D eigenvalue weighted by molar-refractivity contribution is 6.30. The quantitative estimate of drug-likeness (QED) is 0.310. The van der Waals surface area contributed by atoms with Crippen LogP contribution in [0.4, 0.5) is 4.79 Å². The zero-order valence-electron chi connectivity index (χ0n) is 24.5. The summed E-state index contributed by atoms with van der Waals surface area (Å²) in [7, 11) is 1.55. The van der Waals surface area contributed by atoms with Crippen molar-refractivity contribution in [3.05, 3.63) is 64.2 Å². The number of nitrogens with zero attached hydrogens (tertiary/aromatic N) is 2. The molecule has 10 nitrogen and oxygen atoms in total. The highest BCUT2D eigenvalue weighted by Crippen LogP contribution is 2.27. The van der Waals surface area contributed by atoms with Crippen LogP contribution in [0.25, 0.3) is 0 Å². The number of rotatable bonds is 9. The molecule has 2 atom stereocenters. The number of benzene rings is 2. The lowest BCUT2D eigenvalue weighted by atomic mass is 9.97. The minimum absolute atomic E-state index is 0.0815. The Morgan fingerprint density at radius 1 is 1.15 bits per heavy atom. The van der Waals surface area contributed by atoms with Gasteiger partial charge in [-0.05, 0) is 82.0 Å². The average molecular weight is 587 g/mol. The van der Waals surface area contributed by atoms with Gasteiger partial charge in [0.15, 0.2) is 0 Å². The molecule has 0 saturated carbocycles. The summed E-state index contributed by atoms with van der Waals surface area (Å²) in [5, 5.41) is 3.49. The van der Waals surface area contributed by atoms with Gasteiger partial charge in [0.25, 0.3) is 0 Å². The topological polar surface area (TPSA) is 119 Å². The maximum atomic E-state index is 13.7. The summed E-state index contributed by atoms with van der Waals surface area (Å²) in [5.74, 6) is -0.475. The molecule has 1 aliphatic rings. The molecule has 0 saturated heterocycles. The summed E-state index contributed by atoms with van der Waals surface area (Å²) in [6.07, 6.45) is 0.835. The number of hydroxylamine groups is 1. The van der Waals surface area contributed by atoms with Crippen molar-refractivity contribution in [2.75, 3.05) is 26.8 Å². The van der Waals surface area contributed by atoms with Gasteiger partial charge < -0.3 is 14.8 Å². The number of nitrogens with one attached hydrogen (secondary N) is 2. The first-order valence-corrected chi connectivity index (χ1v) is 14.0. The fourth-order valence-corrected chi connectivity index (χ4v) is 4.54. The molecule has 1 aliphatic heterocycles. The summed E-state index contributed by atoms with van der Waals surface area (Å²) < 4.78 is 10.9. The number of carbonyl (C=O) groups is 3. The van der Waals surface area contributed by atoms with Gasteiger partial charge in [0, 0.05) is 5.02 Å². The molecule has 3 amide bonds. The first-order chi connectivity index (χ1) is 19.4. The number of esters is 1. The molecule has 2 aromatic rings. The molecule has 2 N–H and O–H groups in total. The third-order valence-corrected chi connectivity index (χ3v) is 6.60. The summed E-state index contributed by atoms with van der Waals surface area (Å²) in [4.78, 5) is 50.7. The van der Waals surface area contributed by atoms with Crippen LogP contribution in [-0.4, -0.2) is 61.1 Å². The Morgan fingerprint density at radius 2 is 1.85 bits per heavy atom. The zero-order valence-corrected chi connectivity index (χ0v) is 25.2. The maximum absolute atomic E-state index is 13.7. The Morgan fingerprint density at radius 3 is 2.46 bits per heavy atom. The van der Waals surface area contributed by atoms with Crippen molar-refractivity contribution in [2.24, 2.45) is 10.9 Å². The van der Waals surface area contributed by atoms with E-state index in [0.29, 0.717) is 35.2 Å². The SMILES string of the molecule is CCONC1=NC[C@H](Cc2cc(Cl)ccc2OC)C(=O)N(C(=O)N[C@H](CC)c2ccc(C(=O)OC(C)(C)C)cc2)C1. The number of halogens is 1. The Balaban J connectivity index is 1.81. The van der Waals surface area contributed by atoms with E-state index in [9.17, 15) is 14.4 Å². The van der Waals surface area contributed by atoms with Crippen molar-refractivity contribution < 1.29 is 28.7 Å². The summed E-state index contributed by atoms with van der Waals surface area (Å²) in [5.41, 5.74) is 4.09. The van der Waals surface area contributed by atoms with E-state index in [1.54, 1.807) is 49.6 Å². The van der Waals surface area contributed by atoms with Crippen molar-refractivity contribution in [3.8, 4) is 5.75 Å². The van der Waals surface area contributed by atoms with E-state index in [1.165, 1.54) is 0 Å². The first kappa shape index (κ1) is 31.9. The number of amides is 3. The van der Waals surface area contributed by atoms with E-state index in [0.717, 1.165) is 16.0 Å². The van der Waals surface area contributed by atoms with E-state index < -0.39 is 29.6 Å². The van der Waals surface area contributed by atoms with Gasteiger partial charge in [-0.15, -0.1) is 0 Å². The van der Waals surface area contributed by atoms with Crippen molar-refractivity contribution in [1.29, 1.82) is 0 Å². The van der Waals surface area contributed by atoms with Gasteiger partial charge in [-0.3, -0.25) is 25.0 Å². The first-order valence-electron chi connectivity index (χ1n) is 13.6. The number of amidine groups is 1. The number of hydrogen-bond donors (Lipinski definition) is 2. The van der Waals surface area contributed by atoms with Gasteiger partial charge >= 0.3 is 12.0 Å². The van der Waals surface area contributed by atoms with E-state index in [2.05, 4.69) is 15.8 Å². The van der Waals surface area contributed by atoms with Crippen LogP contribution in [0.2, 0.25) is 5.02 Å². The third kappa shape index (κ3) is 8.93. The molecular weight excluding hydrogens is 548 g/mol. The smallest absolute Gasteiger partial charge is 0.338 e. The van der Waals surface area contributed by atoms with Crippen LogP contribution in [0.3, 0.4) is 0 Å². The van der Waals surface area contributed by atoms with Crippen LogP contribution < -0.4 is 15.5 Å². The molecule has 41 heavy (non-hydrogen) atoms. The lowest BCUT2D eigenvalue weighted by molar-refractivity contribution is -0.131. The standard InChI is InChI=1S/C30H39ClN4O6/c1-7-24(19-9-11-20(12-10-19)28(37)41-30(3,4)5)33-29(38)35-18-26(34-40-8-2)32-17-22(27(35)36)15-21-16-23(31)13-14-25(21)39-6/h9-14,16,22,24H,7-8,15,17-18H2,1-6H3,(H,32,34)(H,33,38)/t22-,24+/m0/s1. The second kappa shape index (κ2) is 14.3. The lowest BCUT2D eigenvalue weighted by Gasteiger charge is -2.26. The largest absolute Gasteiger partial charge is 0.496 e. The van der Waals surface area contributed by atoms with Crippen LogP contribution in [0.15, 0.2) is 47.5 Å². The molecule has 0 fully saturated rings. The van der Waals surface area contributed by atoms with E-state index in [4.69, 9.17) is 25.9 Å². The van der Waals surface area contributed by atoms with Gasteiger partial charge in [0.2, 0.25) is 5.91 Å². The number of imide groups is 1. The second-order valence-electron chi connectivity index (χ2n) is 10.6. The van der Waals surface area contributed by atoms with Gasteiger partial charge in [-0.1, -0.05) is 30.7 Å². The molecule has 222 valence electrons. The van der Waals surface area contributed by atoms with Crippen LogP contribution in [-0.2, 0) is 20.8 Å². The van der Waals surface area contributed by atoms with E-state index in [1.807, 2.05) is 34.6 Å². The molecule has 0 radical (unpaired) electrons. The van der Waals surface area contributed by atoms with Crippen molar-refractivity contribution in [3.63, 3.8) is 0 Å². The normalized spacial score (nSPS) is 16.4. The number of urea groups is 1. The molecule has 3 rings (SSSR count). The van der Waals surface area contributed by atoms with Crippen molar-refractivity contribution >= 4 is 35.3 Å². The molecule has 0 aliphatic carbocycles. The molecule has 1 heterocycles. The maximum Gasteiger partial charge on any atom is 0.338 e. The summed E-state index contributed by atoms with van der Waals surface area (Å²) in [6, 6.07) is 11.1. The number of carbonyl (C=O) groups excluding carboxylic acids is 3. The van der Waals surface area contributed by atoms with Gasteiger partial charge in [0.05, 0.1) is 44.3 Å². The van der Waals surface area contributed by atoms with Crippen LogP contribution in [0, 0.1) is 5.92 Å². The highest BCUT2D eigenvalue weighted by atomic mass is 35.5. The molecule has 0 unspecified atom stereocenters. The van der Waals surface area contributed by atoms with Crippen LogP contribution >= 0.6 is 11.6 Å². The summed E-state index contributed by atoms with van der Waals surface area (Å²) >= 11 is 6.21. The fraction of sp³-hybridized carbons (Fsp3) is 0.467. The van der Waals surface area contributed by atoms with Crippen molar-refractivity contribution in [1.82, 2.24) is 15.7 Å². The van der Waals surface area contributed by atoms with E-state index >= 15 is 0 Å². The molecule has 11 heteroatoms. The lowest BCUT2D eigenvalue weighted by Crippen LogP contribution is -2.50. The Labute approximate surface area is 246 Å². The Hall–Kier alpha value is -3.63. The number of methoxy groups -OCH3 is 1. The second-order valence-corrected chi connectivity index (χ2v) is 11.1. The van der Waals surface area contributed by atoms with Crippen LogP contribution in [0.5, 0.6) is 5.75 Å². The molecular formula is C30H39ClN4O6. The van der Waals surface area contributed by atoms with Crippen LogP contribution in [0.1, 0.15) is 68.6 Å². The number of aliphatic imine (C=N–C) groups is 1. The predicted octanol–water partition coefficient (Wildman–Crippen LogP) is 5.11. The third-order valence-electron chi connectivity index (χ3n) is 6.37. The van der Waals surface area contributed by atoms with Gasteiger partial charge in [-0.2, -0.15) is 0 Å². The predicted molar refractivity (Wildman–Crippen MR) is 157 cm³/mol.